The van der Waals surface area contributed by atoms with Crippen molar-refractivity contribution in [2.45, 2.75) is 0 Å². The van der Waals surface area contributed by atoms with Crippen LogP contribution in [0.5, 0.6) is 5.75 Å². The molecule has 0 spiro atoms. The van der Waals surface area contributed by atoms with Crippen molar-refractivity contribution in [1.29, 1.82) is 0 Å². The van der Waals surface area contributed by atoms with E-state index < -0.39 is 0 Å². The van der Waals surface area contributed by atoms with E-state index in [2.05, 4.69) is 22.1 Å². The Morgan fingerprint density at radius 3 is 3.11 bits per heavy atom. The first-order valence-corrected chi connectivity index (χ1v) is 6.59. The second-order valence-corrected chi connectivity index (χ2v) is 4.31. The van der Waals surface area contributed by atoms with Crippen molar-refractivity contribution in [3.8, 4) is 17.6 Å². The third-order valence-electron chi connectivity index (χ3n) is 2.19. The van der Waals surface area contributed by atoms with Gasteiger partial charge in [-0.1, -0.05) is 11.8 Å². The van der Waals surface area contributed by atoms with Crippen molar-refractivity contribution < 1.29 is 9.53 Å². The molecule has 2 aromatic heterocycles. The Bertz CT molecular complexity index is 570. The summed E-state index contributed by atoms with van der Waals surface area (Å²) in [5.74, 6) is 6.22. The maximum absolute atomic E-state index is 11.5. The van der Waals surface area contributed by atoms with Crippen LogP contribution in [0.4, 0.5) is 0 Å². The molecule has 4 nitrogen and oxygen atoms in total. The highest BCUT2D eigenvalue weighted by molar-refractivity contribution is 7.08. The van der Waals surface area contributed by atoms with E-state index >= 15 is 0 Å². The van der Waals surface area contributed by atoms with Crippen LogP contribution in [0.1, 0.15) is 10.4 Å². The molecule has 2 aromatic rings. The summed E-state index contributed by atoms with van der Waals surface area (Å²) in [6.45, 7) is 0.588. The van der Waals surface area contributed by atoms with Gasteiger partial charge >= 0.3 is 0 Å². The quantitative estimate of drug-likeness (QED) is 0.866. The number of aromatic nitrogens is 1. The normalized spacial score (nSPS) is 9.26. The van der Waals surface area contributed by atoms with Crippen LogP contribution in [0.2, 0.25) is 0 Å². The summed E-state index contributed by atoms with van der Waals surface area (Å²) in [4.78, 5) is 15.5. The second-order valence-electron chi connectivity index (χ2n) is 3.53. The van der Waals surface area contributed by atoms with Crippen LogP contribution in [0, 0.1) is 11.8 Å². The summed E-state index contributed by atoms with van der Waals surface area (Å²) in [6, 6.07) is 5.38. The highest BCUT2D eigenvalue weighted by Crippen LogP contribution is 2.05. The number of nitrogens with one attached hydrogen (secondary N) is 1. The Morgan fingerprint density at radius 2 is 2.37 bits per heavy atom. The van der Waals surface area contributed by atoms with Gasteiger partial charge in [-0.05, 0) is 23.6 Å². The van der Waals surface area contributed by atoms with Gasteiger partial charge in [0.1, 0.15) is 12.4 Å². The van der Waals surface area contributed by atoms with Crippen molar-refractivity contribution in [1.82, 2.24) is 10.3 Å². The lowest BCUT2D eigenvalue weighted by molar-refractivity contribution is 0.0959. The van der Waals surface area contributed by atoms with Gasteiger partial charge in [0.25, 0.3) is 5.91 Å². The molecule has 0 bridgehead atoms. The Morgan fingerprint density at radius 1 is 1.42 bits per heavy atom. The minimum Gasteiger partial charge on any atom is -0.479 e. The van der Waals surface area contributed by atoms with Crippen LogP contribution >= 0.6 is 11.3 Å². The van der Waals surface area contributed by atoms with Crippen molar-refractivity contribution in [3.05, 3.63) is 46.9 Å². The minimum atomic E-state index is -0.108. The van der Waals surface area contributed by atoms with E-state index in [1.54, 1.807) is 29.9 Å². The maximum Gasteiger partial charge on any atom is 0.252 e. The molecular formula is C14H12N2O2S. The molecule has 0 saturated heterocycles. The van der Waals surface area contributed by atoms with Crippen LogP contribution < -0.4 is 10.1 Å². The molecule has 1 N–H and O–H groups in total. The summed E-state index contributed by atoms with van der Waals surface area (Å²) >= 11 is 1.49. The summed E-state index contributed by atoms with van der Waals surface area (Å²) in [7, 11) is 0. The van der Waals surface area contributed by atoms with Gasteiger partial charge in [0, 0.05) is 11.6 Å². The highest BCUT2D eigenvalue weighted by atomic mass is 32.1. The summed E-state index contributed by atoms with van der Waals surface area (Å²) in [6.07, 6.45) is 3.30. The topological polar surface area (TPSA) is 51.2 Å². The number of hydrogen-bond acceptors (Lipinski definition) is 4. The van der Waals surface area contributed by atoms with Gasteiger partial charge in [-0.25, -0.2) is 0 Å². The molecule has 19 heavy (non-hydrogen) atoms. The van der Waals surface area contributed by atoms with Crippen LogP contribution in [-0.4, -0.2) is 24.0 Å². The molecular weight excluding hydrogens is 260 g/mol. The lowest BCUT2D eigenvalue weighted by Gasteiger charge is -1.99. The zero-order chi connectivity index (χ0) is 13.3. The van der Waals surface area contributed by atoms with Gasteiger partial charge in [-0.2, -0.15) is 11.3 Å². The number of pyridine rings is 1. The molecule has 0 atom stereocenters. The van der Waals surface area contributed by atoms with Gasteiger partial charge in [0.2, 0.25) is 0 Å². The van der Waals surface area contributed by atoms with Gasteiger partial charge in [-0.15, -0.1) is 0 Å². The number of nitrogens with zero attached hydrogens (tertiary/aromatic N) is 1. The number of ether oxygens (including phenoxy) is 1. The monoisotopic (exact) mass is 272 g/mol. The van der Waals surface area contributed by atoms with Crippen LogP contribution in [0.25, 0.3) is 0 Å². The van der Waals surface area contributed by atoms with E-state index in [9.17, 15) is 4.79 Å². The van der Waals surface area contributed by atoms with Gasteiger partial charge in [-0.3, -0.25) is 9.78 Å². The Balaban J connectivity index is 1.67. The molecule has 1 amide bonds. The standard InChI is InChI=1S/C14H12N2O2S/c17-14(12-5-9-19-11-12)16-7-1-2-8-18-13-4-3-6-15-10-13/h3-6,9-11H,7-8H2,(H,16,17). The van der Waals surface area contributed by atoms with E-state index in [1.165, 1.54) is 11.3 Å². The van der Waals surface area contributed by atoms with E-state index in [0.717, 1.165) is 0 Å². The lowest BCUT2D eigenvalue weighted by atomic mass is 10.3. The first-order valence-electron chi connectivity index (χ1n) is 5.65. The molecule has 0 aliphatic heterocycles. The number of amides is 1. The second kappa shape index (κ2) is 7.19. The maximum atomic E-state index is 11.5. The van der Waals surface area contributed by atoms with Gasteiger partial charge in [0.15, 0.2) is 0 Å². The van der Waals surface area contributed by atoms with E-state index in [1.807, 2.05) is 11.4 Å². The summed E-state index contributed by atoms with van der Waals surface area (Å²) < 4.78 is 5.34. The Kier molecular flexibility index (Phi) is 4.96. The van der Waals surface area contributed by atoms with Crippen LogP contribution in [0.15, 0.2) is 41.4 Å². The van der Waals surface area contributed by atoms with E-state index in [0.29, 0.717) is 17.9 Å². The summed E-state index contributed by atoms with van der Waals surface area (Å²) in [5.41, 5.74) is 0.665. The molecule has 2 rings (SSSR count). The fourth-order valence-electron chi connectivity index (χ4n) is 1.29. The molecule has 5 heteroatoms. The lowest BCUT2D eigenvalue weighted by Crippen LogP contribution is -2.23. The molecule has 0 fully saturated rings. The smallest absolute Gasteiger partial charge is 0.252 e. The SMILES string of the molecule is O=C(NCC#CCOc1cccnc1)c1ccsc1. The highest BCUT2D eigenvalue weighted by Gasteiger charge is 2.02. The molecule has 0 aliphatic carbocycles. The van der Waals surface area contributed by atoms with E-state index in [-0.39, 0.29) is 12.5 Å². The number of carbonyl (C=O) groups excluding carboxylic acids is 1. The Labute approximate surface area is 115 Å². The van der Waals surface area contributed by atoms with E-state index in [4.69, 9.17) is 4.74 Å². The van der Waals surface area contributed by atoms with Gasteiger partial charge in [0.05, 0.1) is 18.3 Å². The number of rotatable bonds is 4. The molecule has 0 aromatic carbocycles. The Hall–Kier alpha value is -2.32. The predicted octanol–water partition coefficient (Wildman–Crippen LogP) is 1.96. The molecule has 0 unspecified atom stereocenters. The number of carbonyl (C=O) groups is 1. The van der Waals surface area contributed by atoms with Crippen molar-refractivity contribution in [2.75, 3.05) is 13.2 Å². The molecule has 2 heterocycles. The van der Waals surface area contributed by atoms with Crippen molar-refractivity contribution >= 4 is 17.2 Å². The average Bonchev–Trinajstić information content (AvgIpc) is 2.98. The first-order chi connectivity index (χ1) is 9.36. The van der Waals surface area contributed by atoms with Crippen molar-refractivity contribution in [3.63, 3.8) is 0 Å². The third kappa shape index (κ3) is 4.45. The zero-order valence-corrected chi connectivity index (χ0v) is 10.9. The van der Waals surface area contributed by atoms with Crippen molar-refractivity contribution in [2.24, 2.45) is 0 Å². The summed E-state index contributed by atoms with van der Waals surface area (Å²) in [5, 5.41) is 6.37. The average molecular weight is 272 g/mol. The predicted molar refractivity (Wildman–Crippen MR) is 74.2 cm³/mol. The molecule has 0 aliphatic rings. The zero-order valence-electron chi connectivity index (χ0n) is 10.1. The molecule has 0 radical (unpaired) electrons. The van der Waals surface area contributed by atoms with Gasteiger partial charge < -0.3 is 10.1 Å². The largest absolute Gasteiger partial charge is 0.479 e. The van der Waals surface area contributed by atoms with Crippen LogP contribution in [-0.2, 0) is 0 Å². The first kappa shape index (κ1) is 13.1. The minimum absolute atomic E-state index is 0.108. The third-order valence-corrected chi connectivity index (χ3v) is 2.87. The number of hydrogen-bond donors (Lipinski definition) is 1. The fraction of sp³-hybridized carbons (Fsp3) is 0.143. The molecule has 0 saturated carbocycles. The fourth-order valence-corrected chi connectivity index (χ4v) is 1.92. The number of thiophene rings is 1. The van der Waals surface area contributed by atoms with Crippen LogP contribution in [0.3, 0.4) is 0 Å². The molecule has 96 valence electrons.